The normalized spacial score (nSPS) is 25.0. The minimum Gasteiger partial charge on any atom is -0.462 e. The molecule has 15 nitrogen and oxygen atoms in total. The van der Waals surface area contributed by atoms with Crippen LogP contribution in [-0.2, 0) is 42.0 Å². The first-order valence-corrected chi connectivity index (χ1v) is 14.7. The van der Waals surface area contributed by atoms with E-state index in [-0.39, 0.29) is 0 Å². The first kappa shape index (κ1) is 33.8. The molecule has 3 N–H and O–H groups in total. The Morgan fingerprint density at radius 3 is 2.08 bits per heavy atom. The molecule has 18 heteroatoms. The predicted octanol–water partition coefficient (Wildman–Crippen LogP) is 1.74. The Labute approximate surface area is 231 Å². The highest BCUT2D eigenvalue weighted by Crippen LogP contribution is 2.45. The van der Waals surface area contributed by atoms with Crippen molar-refractivity contribution >= 4 is 28.3 Å². The topological polar surface area (TPSA) is 193 Å². The van der Waals surface area contributed by atoms with Crippen molar-refractivity contribution in [3.8, 4) is 0 Å². The summed E-state index contributed by atoms with van der Waals surface area (Å²) < 4.78 is 68.5. The highest BCUT2D eigenvalue weighted by molar-refractivity contribution is 7.37. The summed E-state index contributed by atoms with van der Waals surface area (Å²) in [7, 11) is -5.60. The highest BCUT2D eigenvalue weighted by atomic mass is 31.1. The number of alkyl halides is 1. The Morgan fingerprint density at radius 1 is 1.05 bits per heavy atom. The van der Waals surface area contributed by atoms with Crippen LogP contribution in [0.5, 0.6) is 0 Å². The van der Waals surface area contributed by atoms with Crippen molar-refractivity contribution in [1.29, 1.82) is 0 Å². The third-order valence-corrected chi connectivity index (χ3v) is 7.36. The smallest absolute Gasteiger partial charge is 0.462 e. The third kappa shape index (κ3) is 9.30. The van der Waals surface area contributed by atoms with Crippen LogP contribution in [0.4, 0.5) is 4.39 Å². The standard InChI is InChI=1S/C22H34FN4O11P2/c1-11(2)35-18(29)13(5)25-39(32)34-10-15-17(38-40(33)26-14(6)19(30)36-12(3)4)22(7,23)20(37-15)27-9-8-16(28)24-21(27)31/h8-9,11-15,17,20H,10H2,1-7H3,(H2-,24,25,26,28,31,32,33)/q+1/p+1/t13-,14-,15+,17+,20+,22+/m0/s1. The van der Waals surface area contributed by atoms with Gasteiger partial charge in [-0.25, -0.2) is 9.18 Å². The molecule has 0 spiro atoms. The van der Waals surface area contributed by atoms with E-state index in [4.69, 9.17) is 23.3 Å². The summed E-state index contributed by atoms with van der Waals surface area (Å²) in [6.45, 7) is 9.73. The number of H-pyrrole nitrogens is 1. The van der Waals surface area contributed by atoms with Crippen LogP contribution in [0.1, 0.15) is 54.7 Å². The molecule has 0 saturated carbocycles. The van der Waals surface area contributed by atoms with E-state index < -0.39 is 94.5 Å². The number of ether oxygens (including phenoxy) is 3. The zero-order valence-corrected chi connectivity index (χ0v) is 24.9. The van der Waals surface area contributed by atoms with Crippen LogP contribution >= 0.6 is 16.4 Å². The largest absolute Gasteiger partial charge is 0.614 e. The molecule has 2 heterocycles. The van der Waals surface area contributed by atoms with Gasteiger partial charge in [-0.15, -0.1) is 9.05 Å². The molecule has 0 bridgehead atoms. The van der Waals surface area contributed by atoms with E-state index in [1.54, 1.807) is 27.7 Å². The van der Waals surface area contributed by atoms with Crippen molar-refractivity contribution < 1.29 is 46.4 Å². The Morgan fingerprint density at radius 2 is 1.57 bits per heavy atom. The molecule has 2 rings (SSSR count). The fourth-order valence-electron chi connectivity index (χ4n) is 3.52. The lowest BCUT2D eigenvalue weighted by Crippen LogP contribution is -2.45. The lowest BCUT2D eigenvalue weighted by molar-refractivity contribution is -0.149. The predicted molar refractivity (Wildman–Crippen MR) is 138 cm³/mol. The van der Waals surface area contributed by atoms with Gasteiger partial charge in [0, 0.05) is 12.3 Å². The maximum Gasteiger partial charge on any atom is 0.614 e. The molecular formula is C22H35FN4O11P2+2. The van der Waals surface area contributed by atoms with Gasteiger partial charge in [0.25, 0.3) is 5.56 Å². The fourth-order valence-corrected chi connectivity index (χ4v) is 5.33. The first-order chi connectivity index (χ1) is 18.5. The van der Waals surface area contributed by atoms with Gasteiger partial charge >= 0.3 is 34.0 Å². The van der Waals surface area contributed by atoms with Gasteiger partial charge in [-0.05, 0) is 57.6 Å². The molecule has 0 aliphatic carbocycles. The van der Waals surface area contributed by atoms with Gasteiger partial charge in [-0.2, -0.15) is 0 Å². The van der Waals surface area contributed by atoms with E-state index in [2.05, 4.69) is 10.2 Å². The first-order valence-electron chi connectivity index (χ1n) is 12.4. The number of halogens is 1. The summed E-state index contributed by atoms with van der Waals surface area (Å²) in [4.78, 5) is 49.9. The van der Waals surface area contributed by atoms with Crippen LogP contribution in [0, 0.1) is 0 Å². The lowest BCUT2D eigenvalue weighted by atomic mass is 9.98. The van der Waals surface area contributed by atoms with Crippen LogP contribution in [-0.4, -0.2) is 70.3 Å². The highest BCUT2D eigenvalue weighted by Gasteiger charge is 2.61. The third-order valence-electron chi connectivity index (χ3n) is 5.36. The molecule has 8 atom stereocenters. The summed E-state index contributed by atoms with van der Waals surface area (Å²) in [5.74, 6) is -1.40. The van der Waals surface area contributed by atoms with Crippen molar-refractivity contribution in [2.24, 2.45) is 0 Å². The van der Waals surface area contributed by atoms with Gasteiger partial charge in [0.15, 0.2) is 18.0 Å². The second-order valence-corrected chi connectivity index (χ2v) is 11.7. The van der Waals surface area contributed by atoms with E-state index in [1.165, 1.54) is 13.8 Å². The van der Waals surface area contributed by atoms with Crippen molar-refractivity contribution in [1.82, 2.24) is 19.7 Å². The van der Waals surface area contributed by atoms with E-state index in [9.17, 15) is 28.3 Å². The van der Waals surface area contributed by atoms with Gasteiger partial charge in [-0.3, -0.25) is 23.9 Å². The van der Waals surface area contributed by atoms with Gasteiger partial charge in [0.05, 0.1) is 12.2 Å². The summed E-state index contributed by atoms with van der Waals surface area (Å²) in [6.07, 6.45) is -4.59. The van der Waals surface area contributed by atoms with Crippen LogP contribution in [0.3, 0.4) is 0 Å². The number of aromatic nitrogens is 2. The minimum atomic E-state index is -2.90. The SMILES string of the molecule is CC(C)OC(=O)[C@H](C)N[P+](=O)OC[C@H]1O[C@@H](n2ccc(=O)[nH]c2=O)[C@](C)(F)[C@@H]1O[P+](=O)N[C@@H](C)C(=O)OC(C)C. The number of hydrogen-bond acceptors (Lipinski definition) is 11. The second-order valence-electron chi connectivity index (χ2n) is 9.70. The molecular weight excluding hydrogens is 577 g/mol. The number of rotatable bonds is 14. The van der Waals surface area contributed by atoms with E-state index in [0.717, 1.165) is 23.8 Å². The summed E-state index contributed by atoms with van der Waals surface area (Å²) >= 11 is 0. The van der Waals surface area contributed by atoms with Crippen molar-refractivity contribution in [3.63, 3.8) is 0 Å². The number of esters is 2. The zero-order valence-electron chi connectivity index (χ0n) is 23.1. The summed E-state index contributed by atoms with van der Waals surface area (Å²) in [5, 5.41) is 4.78. The summed E-state index contributed by atoms with van der Waals surface area (Å²) in [5.41, 5.74) is -4.27. The molecule has 1 aromatic heterocycles. The number of carbonyl (C=O) groups is 2. The molecule has 2 unspecified atom stereocenters. The van der Waals surface area contributed by atoms with E-state index in [0.29, 0.717) is 0 Å². The van der Waals surface area contributed by atoms with Gasteiger partial charge in [0.2, 0.25) is 0 Å². The zero-order chi connectivity index (χ0) is 30.4. The Kier molecular flexibility index (Phi) is 12.2. The molecule has 1 aromatic rings. The molecule has 0 aromatic carbocycles. The number of aromatic amines is 1. The molecule has 0 amide bonds. The fraction of sp³-hybridized carbons (Fsp3) is 0.727. The molecule has 0 radical (unpaired) electrons. The number of nitrogens with zero attached hydrogens (tertiary/aromatic N) is 1. The average molecular weight is 612 g/mol. The van der Waals surface area contributed by atoms with Gasteiger partial charge < -0.3 is 14.2 Å². The van der Waals surface area contributed by atoms with Crippen molar-refractivity contribution in [2.75, 3.05) is 6.61 Å². The monoisotopic (exact) mass is 612 g/mol. The van der Waals surface area contributed by atoms with Crippen LogP contribution in [0.15, 0.2) is 21.9 Å². The van der Waals surface area contributed by atoms with Crippen molar-refractivity contribution in [3.05, 3.63) is 33.1 Å². The van der Waals surface area contributed by atoms with Crippen molar-refractivity contribution in [2.45, 2.75) is 96.9 Å². The van der Waals surface area contributed by atoms with E-state index in [1.807, 2.05) is 4.98 Å². The summed E-state index contributed by atoms with van der Waals surface area (Å²) in [6, 6.07) is -1.12. The minimum absolute atomic E-state index is 0.402. The van der Waals surface area contributed by atoms with Crippen LogP contribution in [0.25, 0.3) is 0 Å². The van der Waals surface area contributed by atoms with Crippen LogP contribution < -0.4 is 21.4 Å². The molecule has 40 heavy (non-hydrogen) atoms. The Hall–Kier alpha value is -2.45. The second kappa shape index (κ2) is 14.4. The average Bonchev–Trinajstić information content (AvgIpc) is 3.06. The maximum atomic E-state index is 16.2. The molecule has 1 aliphatic rings. The number of nitrogens with one attached hydrogen (secondary N) is 3. The van der Waals surface area contributed by atoms with E-state index >= 15 is 4.39 Å². The number of carbonyl (C=O) groups excluding carboxylic acids is 2. The quantitative estimate of drug-likeness (QED) is 0.203. The molecule has 1 saturated heterocycles. The van der Waals surface area contributed by atoms with Crippen LogP contribution in [0.2, 0.25) is 0 Å². The van der Waals surface area contributed by atoms with Gasteiger partial charge in [0.1, 0.15) is 24.8 Å². The molecule has 224 valence electrons. The van der Waals surface area contributed by atoms with Gasteiger partial charge in [-0.1, -0.05) is 10.2 Å². The molecule has 1 fully saturated rings. The maximum absolute atomic E-state index is 16.2. The lowest BCUT2D eigenvalue weighted by Gasteiger charge is -2.24. The Balaban J connectivity index is 2.22. The number of hydrogen-bond donors (Lipinski definition) is 3. The molecule has 1 aliphatic heterocycles. The Bertz CT molecular complexity index is 1210.